The van der Waals surface area contributed by atoms with Gasteiger partial charge in [0.2, 0.25) is 5.91 Å². The molecular weight excluding hydrogens is 246 g/mol. The van der Waals surface area contributed by atoms with Crippen molar-refractivity contribution in [2.75, 3.05) is 5.32 Å². The highest BCUT2D eigenvalue weighted by Crippen LogP contribution is 2.14. The number of para-hydroxylation sites is 1. The van der Waals surface area contributed by atoms with Crippen molar-refractivity contribution >= 4 is 23.6 Å². The number of rotatable bonds is 4. The van der Waals surface area contributed by atoms with Gasteiger partial charge in [0, 0.05) is 11.6 Å². The van der Waals surface area contributed by atoms with Crippen molar-refractivity contribution in [3.8, 4) is 0 Å². The quantitative estimate of drug-likeness (QED) is 0.836. The third-order valence-corrected chi connectivity index (χ3v) is 2.35. The summed E-state index contributed by atoms with van der Waals surface area (Å²) in [7, 11) is 0. The fraction of sp³-hybridized carbons (Fsp3) is 0. The first-order valence-corrected chi connectivity index (χ1v) is 5.50. The van der Waals surface area contributed by atoms with Gasteiger partial charge in [-0.05, 0) is 24.3 Å². The Morgan fingerprint density at radius 2 is 1.95 bits per heavy atom. The SMILES string of the molecule is O=C(/C=C/c1ccco1)Nc1ccccc1C(=O)[O-]. The van der Waals surface area contributed by atoms with E-state index in [0.29, 0.717) is 5.76 Å². The first-order chi connectivity index (χ1) is 9.16. The Labute approximate surface area is 109 Å². The van der Waals surface area contributed by atoms with Crippen molar-refractivity contribution in [2.24, 2.45) is 0 Å². The molecule has 1 heterocycles. The number of benzene rings is 1. The van der Waals surface area contributed by atoms with Crippen LogP contribution >= 0.6 is 0 Å². The standard InChI is InChI=1S/C14H11NO4/c16-13(8-7-10-4-3-9-19-10)15-12-6-2-1-5-11(12)14(17)18/h1-9H,(H,15,16)(H,17,18)/p-1/b8-7+. The van der Waals surface area contributed by atoms with Gasteiger partial charge in [-0.1, -0.05) is 18.2 Å². The Bertz CT molecular complexity index is 614. The van der Waals surface area contributed by atoms with Crippen LogP contribution in [0.3, 0.4) is 0 Å². The summed E-state index contributed by atoms with van der Waals surface area (Å²) in [6, 6.07) is 9.42. The lowest BCUT2D eigenvalue weighted by Gasteiger charge is -2.09. The predicted octanol–water partition coefficient (Wildman–Crippen LogP) is 1.29. The number of carboxylic acid groups (broad SMARTS) is 1. The third-order valence-electron chi connectivity index (χ3n) is 2.35. The van der Waals surface area contributed by atoms with Gasteiger partial charge in [-0.15, -0.1) is 0 Å². The number of carboxylic acids is 1. The summed E-state index contributed by atoms with van der Waals surface area (Å²) < 4.78 is 5.03. The molecule has 1 amide bonds. The Hall–Kier alpha value is -2.82. The van der Waals surface area contributed by atoms with E-state index in [4.69, 9.17) is 4.42 Å². The lowest BCUT2D eigenvalue weighted by atomic mass is 10.2. The Balaban J connectivity index is 2.09. The number of hydrogen-bond donors (Lipinski definition) is 1. The minimum atomic E-state index is -1.34. The zero-order valence-corrected chi connectivity index (χ0v) is 9.83. The lowest BCUT2D eigenvalue weighted by molar-refractivity contribution is -0.254. The average Bonchev–Trinajstić information content (AvgIpc) is 2.90. The van der Waals surface area contributed by atoms with Gasteiger partial charge in [-0.2, -0.15) is 0 Å². The van der Waals surface area contributed by atoms with Crippen molar-refractivity contribution in [1.29, 1.82) is 0 Å². The number of carbonyl (C=O) groups excluding carboxylic acids is 2. The highest BCUT2D eigenvalue weighted by Gasteiger charge is 2.04. The van der Waals surface area contributed by atoms with Gasteiger partial charge in [0.25, 0.3) is 0 Å². The van der Waals surface area contributed by atoms with Crippen LogP contribution in [0.5, 0.6) is 0 Å². The maximum absolute atomic E-state index is 11.6. The van der Waals surface area contributed by atoms with Gasteiger partial charge < -0.3 is 19.6 Å². The topological polar surface area (TPSA) is 82.4 Å². The second kappa shape index (κ2) is 5.68. The van der Waals surface area contributed by atoms with Crippen LogP contribution in [-0.2, 0) is 4.79 Å². The highest BCUT2D eigenvalue weighted by molar-refractivity contribution is 6.05. The van der Waals surface area contributed by atoms with E-state index in [9.17, 15) is 14.7 Å². The molecule has 5 heteroatoms. The molecule has 0 saturated heterocycles. The molecule has 0 aliphatic carbocycles. The molecule has 5 nitrogen and oxygen atoms in total. The Morgan fingerprint density at radius 1 is 1.16 bits per heavy atom. The molecule has 0 aliphatic rings. The van der Waals surface area contributed by atoms with Crippen molar-refractivity contribution in [2.45, 2.75) is 0 Å². The zero-order chi connectivity index (χ0) is 13.7. The molecule has 0 unspecified atom stereocenters. The van der Waals surface area contributed by atoms with Crippen LogP contribution in [0.4, 0.5) is 5.69 Å². The molecule has 0 fully saturated rings. The summed E-state index contributed by atoms with van der Waals surface area (Å²) in [6.45, 7) is 0. The summed E-state index contributed by atoms with van der Waals surface area (Å²) in [5, 5.41) is 13.3. The summed E-state index contributed by atoms with van der Waals surface area (Å²) in [5.41, 5.74) is 0.124. The van der Waals surface area contributed by atoms with Crippen molar-refractivity contribution < 1.29 is 19.1 Å². The van der Waals surface area contributed by atoms with E-state index in [2.05, 4.69) is 5.32 Å². The van der Waals surface area contributed by atoms with E-state index >= 15 is 0 Å². The van der Waals surface area contributed by atoms with Gasteiger partial charge in [0.05, 0.1) is 17.9 Å². The second-order valence-electron chi connectivity index (χ2n) is 3.67. The molecule has 0 radical (unpaired) electrons. The first-order valence-electron chi connectivity index (χ1n) is 5.50. The van der Waals surface area contributed by atoms with E-state index in [1.54, 1.807) is 24.3 Å². The molecule has 0 bridgehead atoms. The normalized spacial score (nSPS) is 10.5. The maximum Gasteiger partial charge on any atom is 0.248 e. The molecule has 2 aromatic rings. The van der Waals surface area contributed by atoms with Crippen LogP contribution in [-0.4, -0.2) is 11.9 Å². The number of anilines is 1. The van der Waals surface area contributed by atoms with Crippen LogP contribution in [0, 0.1) is 0 Å². The number of carbonyl (C=O) groups is 2. The molecule has 19 heavy (non-hydrogen) atoms. The number of nitrogens with one attached hydrogen (secondary N) is 1. The number of hydrogen-bond acceptors (Lipinski definition) is 4. The molecule has 0 atom stereocenters. The zero-order valence-electron chi connectivity index (χ0n) is 9.83. The molecule has 2 rings (SSSR count). The average molecular weight is 256 g/mol. The van der Waals surface area contributed by atoms with E-state index in [1.807, 2.05) is 0 Å². The van der Waals surface area contributed by atoms with Gasteiger partial charge >= 0.3 is 0 Å². The van der Waals surface area contributed by atoms with E-state index in [1.165, 1.54) is 30.5 Å². The summed E-state index contributed by atoms with van der Waals surface area (Å²) >= 11 is 0. The van der Waals surface area contributed by atoms with E-state index in [-0.39, 0.29) is 11.3 Å². The number of aromatic carboxylic acids is 1. The predicted molar refractivity (Wildman–Crippen MR) is 67.1 cm³/mol. The summed E-state index contributed by atoms with van der Waals surface area (Å²) in [5.74, 6) is -1.26. The van der Waals surface area contributed by atoms with Crippen molar-refractivity contribution in [1.82, 2.24) is 0 Å². The van der Waals surface area contributed by atoms with E-state index < -0.39 is 11.9 Å². The van der Waals surface area contributed by atoms with Crippen LogP contribution in [0.15, 0.2) is 53.2 Å². The fourth-order valence-corrected chi connectivity index (χ4v) is 1.49. The van der Waals surface area contributed by atoms with Gasteiger partial charge in [-0.25, -0.2) is 0 Å². The maximum atomic E-state index is 11.6. The second-order valence-corrected chi connectivity index (χ2v) is 3.67. The monoisotopic (exact) mass is 256 g/mol. The molecule has 1 aromatic heterocycles. The Kier molecular flexibility index (Phi) is 3.78. The van der Waals surface area contributed by atoms with Gasteiger partial charge in [-0.3, -0.25) is 4.79 Å². The van der Waals surface area contributed by atoms with E-state index in [0.717, 1.165) is 0 Å². The molecule has 0 aliphatic heterocycles. The summed E-state index contributed by atoms with van der Waals surface area (Å²) in [6.07, 6.45) is 4.23. The van der Waals surface area contributed by atoms with Gasteiger partial charge in [0.1, 0.15) is 5.76 Å². The minimum Gasteiger partial charge on any atom is -0.545 e. The number of amides is 1. The largest absolute Gasteiger partial charge is 0.545 e. The summed E-state index contributed by atoms with van der Waals surface area (Å²) in [4.78, 5) is 22.5. The first kappa shape index (κ1) is 12.6. The molecule has 96 valence electrons. The van der Waals surface area contributed by atoms with Crippen LogP contribution < -0.4 is 10.4 Å². The van der Waals surface area contributed by atoms with Gasteiger partial charge in [0.15, 0.2) is 0 Å². The third kappa shape index (κ3) is 3.32. The van der Waals surface area contributed by atoms with Crippen molar-refractivity contribution in [3.63, 3.8) is 0 Å². The molecule has 1 aromatic carbocycles. The van der Waals surface area contributed by atoms with Crippen LogP contribution in [0.2, 0.25) is 0 Å². The minimum absolute atomic E-state index is 0.0674. The number of furan rings is 1. The highest BCUT2D eigenvalue weighted by atomic mass is 16.4. The molecule has 0 saturated carbocycles. The van der Waals surface area contributed by atoms with Crippen molar-refractivity contribution in [3.05, 3.63) is 60.1 Å². The lowest BCUT2D eigenvalue weighted by Crippen LogP contribution is -2.24. The van der Waals surface area contributed by atoms with Crippen LogP contribution in [0.1, 0.15) is 16.1 Å². The molecule has 1 N–H and O–H groups in total. The van der Waals surface area contributed by atoms with Crippen LogP contribution in [0.25, 0.3) is 6.08 Å². The molecular formula is C14H10NO4-. The molecule has 0 spiro atoms. The fourth-order valence-electron chi connectivity index (χ4n) is 1.49. The Morgan fingerprint density at radius 3 is 2.63 bits per heavy atom. The smallest absolute Gasteiger partial charge is 0.248 e.